The number of hydrogen-bond acceptors (Lipinski definition) is 4. The highest BCUT2D eigenvalue weighted by molar-refractivity contribution is 6.07. The van der Waals surface area contributed by atoms with Gasteiger partial charge in [0.2, 0.25) is 5.96 Å². The van der Waals surface area contributed by atoms with Gasteiger partial charge in [-0.3, -0.25) is 15.0 Å². The molecule has 0 saturated carbocycles. The minimum atomic E-state index is -0.542. The fourth-order valence-corrected chi connectivity index (χ4v) is 3.06. The van der Waals surface area contributed by atoms with Gasteiger partial charge in [0.05, 0.1) is 0 Å². The number of carbonyl (C=O) groups is 1. The second kappa shape index (κ2) is 6.54. The SMILES string of the molecule is CN(C)C1=NC2(CCN(C/C=C/c3ccccc3)CC2)C(=O)N1. The van der Waals surface area contributed by atoms with E-state index in [1.807, 2.05) is 37.2 Å². The molecule has 2 aliphatic rings. The lowest BCUT2D eigenvalue weighted by molar-refractivity contribution is -0.125. The van der Waals surface area contributed by atoms with Crippen molar-refractivity contribution in [1.82, 2.24) is 15.1 Å². The zero-order valence-electron chi connectivity index (χ0n) is 13.8. The number of aliphatic imine (C=N–C) groups is 1. The zero-order valence-corrected chi connectivity index (χ0v) is 13.8. The molecule has 122 valence electrons. The molecule has 1 saturated heterocycles. The Kier molecular flexibility index (Phi) is 4.48. The summed E-state index contributed by atoms with van der Waals surface area (Å²) in [4.78, 5) is 21.2. The van der Waals surface area contributed by atoms with E-state index in [-0.39, 0.29) is 5.91 Å². The molecule has 0 radical (unpaired) electrons. The lowest BCUT2D eigenvalue weighted by atomic mass is 9.88. The van der Waals surface area contributed by atoms with Crippen LogP contribution in [0.2, 0.25) is 0 Å². The van der Waals surface area contributed by atoms with Crippen molar-refractivity contribution in [1.29, 1.82) is 0 Å². The van der Waals surface area contributed by atoms with Gasteiger partial charge in [-0.1, -0.05) is 42.5 Å². The molecule has 2 heterocycles. The summed E-state index contributed by atoms with van der Waals surface area (Å²) in [6, 6.07) is 10.3. The normalized spacial score (nSPS) is 20.8. The van der Waals surface area contributed by atoms with Crippen molar-refractivity contribution in [2.24, 2.45) is 4.99 Å². The van der Waals surface area contributed by atoms with Crippen molar-refractivity contribution in [3.8, 4) is 0 Å². The Morgan fingerprint density at radius 2 is 1.96 bits per heavy atom. The molecule has 1 spiro atoms. The molecule has 0 aliphatic carbocycles. The van der Waals surface area contributed by atoms with Gasteiger partial charge in [-0.05, 0) is 18.4 Å². The molecule has 0 aromatic heterocycles. The molecule has 1 amide bonds. The summed E-state index contributed by atoms with van der Waals surface area (Å²) in [5, 5.41) is 2.90. The summed E-state index contributed by atoms with van der Waals surface area (Å²) < 4.78 is 0. The van der Waals surface area contributed by atoms with E-state index in [0.29, 0.717) is 5.96 Å². The van der Waals surface area contributed by atoms with Crippen LogP contribution in [-0.2, 0) is 4.79 Å². The molecule has 0 atom stereocenters. The number of nitrogens with zero attached hydrogens (tertiary/aromatic N) is 3. The summed E-state index contributed by atoms with van der Waals surface area (Å²) >= 11 is 0. The molecular formula is C18H24N4O. The Morgan fingerprint density at radius 1 is 1.26 bits per heavy atom. The maximum atomic E-state index is 12.3. The minimum absolute atomic E-state index is 0.0562. The molecule has 5 heteroatoms. The van der Waals surface area contributed by atoms with Gasteiger partial charge in [-0.15, -0.1) is 0 Å². The van der Waals surface area contributed by atoms with Crippen LogP contribution in [-0.4, -0.2) is 60.9 Å². The van der Waals surface area contributed by atoms with E-state index in [9.17, 15) is 4.79 Å². The van der Waals surface area contributed by atoms with Crippen LogP contribution in [0.25, 0.3) is 6.08 Å². The predicted octanol–water partition coefficient (Wildman–Crippen LogP) is 1.58. The van der Waals surface area contributed by atoms with Crippen LogP contribution in [0.1, 0.15) is 18.4 Å². The first-order chi connectivity index (χ1) is 11.1. The summed E-state index contributed by atoms with van der Waals surface area (Å²) in [6.07, 6.45) is 5.91. The highest BCUT2D eigenvalue weighted by atomic mass is 16.2. The Labute approximate surface area is 137 Å². The zero-order chi connectivity index (χ0) is 16.3. The lowest BCUT2D eigenvalue weighted by Crippen LogP contribution is -2.49. The van der Waals surface area contributed by atoms with E-state index in [0.717, 1.165) is 32.5 Å². The number of benzene rings is 1. The number of piperidine rings is 1. The van der Waals surface area contributed by atoms with Crippen LogP contribution < -0.4 is 5.32 Å². The van der Waals surface area contributed by atoms with Crippen molar-refractivity contribution < 1.29 is 4.79 Å². The first kappa shape index (κ1) is 15.7. The fourth-order valence-electron chi connectivity index (χ4n) is 3.06. The Hall–Kier alpha value is -2.14. The van der Waals surface area contributed by atoms with Gasteiger partial charge in [-0.2, -0.15) is 0 Å². The number of guanidine groups is 1. The summed E-state index contributed by atoms with van der Waals surface area (Å²) in [7, 11) is 3.81. The number of amides is 1. The van der Waals surface area contributed by atoms with Crippen molar-refractivity contribution in [2.75, 3.05) is 33.7 Å². The van der Waals surface area contributed by atoms with Crippen LogP contribution in [0.4, 0.5) is 0 Å². The first-order valence-corrected chi connectivity index (χ1v) is 8.12. The third kappa shape index (κ3) is 3.45. The standard InChI is InChI=1S/C18H24N4O/c1-21(2)17-19-16(23)18(20-17)10-13-22(14-11-18)12-6-9-15-7-4-3-5-8-15/h3-9H,10-14H2,1-2H3,(H,19,20,23)/b9-6+. The molecule has 5 nitrogen and oxygen atoms in total. The Balaban J connectivity index is 1.55. The largest absolute Gasteiger partial charge is 0.349 e. The number of hydrogen-bond donors (Lipinski definition) is 1. The number of carbonyl (C=O) groups excluding carboxylic acids is 1. The van der Waals surface area contributed by atoms with Crippen LogP contribution >= 0.6 is 0 Å². The van der Waals surface area contributed by atoms with Crippen LogP contribution in [0.15, 0.2) is 41.4 Å². The molecule has 3 rings (SSSR count). The van der Waals surface area contributed by atoms with Gasteiger partial charge in [0.15, 0.2) is 0 Å². The number of rotatable bonds is 3. The maximum absolute atomic E-state index is 12.3. The van der Waals surface area contributed by atoms with Gasteiger partial charge in [-0.25, -0.2) is 4.99 Å². The summed E-state index contributed by atoms with van der Waals surface area (Å²) in [5.41, 5.74) is 0.676. The molecule has 1 aromatic carbocycles. The van der Waals surface area contributed by atoms with Crippen molar-refractivity contribution in [2.45, 2.75) is 18.4 Å². The van der Waals surface area contributed by atoms with E-state index in [1.165, 1.54) is 5.56 Å². The number of likely N-dealkylation sites (tertiary alicyclic amines) is 1. The quantitative estimate of drug-likeness (QED) is 0.922. The topological polar surface area (TPSA) is 47.9 Å². The van der Waals surface area contributed by atoms with E-state index >= 15 is 0 Å². The smallest absolute Gasteiger partial charge is 0.254 e. The molecule has 1 N–H and O–H groups in total. The second-order valence-corrected chi connectivity index (χ2v) is 6.43. The van der Waals surface area contributed by atoms with E-state index in [2.05, 4.69) is 39.5 Å². The first-order valence-electron chi connectivity index (χ1n) is 8.12. The average molecular weight is 312 g/mol. The van der Waals surface area contributed by atoms with Gasteiger partial charge >= 0.3 is 0 Å². The van der Waals surface area contributed by atoms with Crippen LogP contribution in [0.5, 0.6) is 0 Å². The molecule has 0 bridgehead atoms. The molecular weight excluding hydrogens is 288 g/mol. The predicted molar refractivity (Wildman–Crippen MR) is 93.1 cm³/mol. The van der Waals surface area contributed by atoms with Crippen molar-refractivity contribution in [3.05, 3.63) is 42.0 Å². The molecule has 2 aliphatic heterocycles. The van der Waals surface area contributed by atoms with E-state index in [1.54, 1.807) is 0 Å². The van der Waals surface area contributed by atoms with Crippen LogP contribution in [0.3, 0.4) is 0 Å². The van der Waals surface area contributed by atoms with Crippen molar-refractivity contribution in [3.63, 3.8) is 0 Å². The average Bonchev–Trinajstić information content (AvgIpc) is 2.88. The van der Waals surface area contributed by atoms with E-state index in [4.69, 9.17) is 0 Å². The monoisotopic (exact) mass is 312 g/mol. The lowest BCUT2D eigenvalue weighted by Gasteiger charge is -2.34. The third-order valence-corrected chi connectivity index (χ3v) is 4.55. The summed E-state index contributed by atoms with van der Waals surface area (Å²) in [6.45, 7) is 2.71. The Bertz CT molecular complexity index is 613. The second-order valence-electron chi connectivity index (χ2n) is 6.43. The van der Waals surface area contributed by atoms with Gasteiger partial charge in [0, 0.05) is 33.7 Å². The van der Waals surface area contributed by atoms with Gasteiger partial charge < -0.3 is 4.90 Å². The highest BCUT2D eigenvalue weighted by Gasteiger charge is 2.45. The van der Waals surface area contributed by atoms with Crippen LogP contribution in [0, 0.1) is 0 Å². The molecule has 1 fully saturated rings. The minimum Gasteiger partial charge on any atom is -0.349 e. The molecule has 0 unspecified atom stereocenters. The summed E-state index contributed by atoms with van der Waals surface area (Å²) in [5.74, 6) is 0.744. The third-order valence-electron chi connectivity index (χ3n) is 4.55. The van der Waals surface area contributed by atoms with E-state index < -0.39 is 5.54 Å². The molecule has 1 aromatic rings. The van der Waals surface area contributed by atoms with Gasteiger partial charge in [0.25, 0.3) is 5.91 Å². The highest BCUT2D eigenvalue weighted by Crippen LogP contribution is 2.30. The van der Waals surface area contributed by atoms with Crippen molar-refractivity contribution >= 4 is 17.9 Å². The Morgan fingerprint density at radius 3 is 2.57 bits per heavy atom. The fraction of sp³-hybridized carbons (Fsp3) is 0.444. The maximum Gasteiger partial charge on any atom is 0.254 e. The molecule has 23 heavy (non-hydrogen) atoms. The number of nitrogens with one attached hydrogen (secondary N) is 1. The van der Waals surface area contributed by atoms with Gasteiger partial charge in [0.1, 0.15) is 5.54 Å².